The maximum Gasteiger partial charge on any atom is 0.205 e. The van der Waals surface area contributed by atoms with E-state index in [-0.39, 0.29) is 10.0 Å². The molecule has 3 rings (SSSR count). The van der Waals surface area contributed by atoms with Crippen LogP contribution in [0.2, 0.25) is 10.0 Å². The molecule has 23 heavy (non-hydrogen) atoms. The Morgan fingerprint density at radius 2 is 1.91 bits per heavy atom. The fourth-order valence-corrected chi connectivity index (χ4v) is 2.76. The SMILES string of the molecule is CCCCc1nnc2n1N=C(C)C2=Nc1cc(Cl)c([O-])c(Cl)c1. The Kier molecular flexibility index (Phi) is 4.37. The van der Waals surface area contributed by atoms with Crippen LogP contribution >= 0.6 is 23.2 Å². The van der Waals surface area contributed by atoms with Crippen molar-refractivity contribution in [2.75, 3.05) is 0 Å². The van der Waals surface area contributed by atoms with Crippen LogP contribution in [-0.4, -0.2) is 26.3 Å². The Bertz CT molecular complexity index is 802. The number of rotatable bonds is 4. The normalized spacial score (nSPS) is 15.1. The zero-order valence-corrected chi connectivity index (χ0v) is 14.2. The number of hydrogen-bond donors (Lipinski definition) is 0. The molecule has 6 nitrogen and oxygen atoms in total. The first-order chi connectivity index (χ1) is 11.0. The summed E-state index contributed by atoms with van der Waals surface area (Å²) < 4.78 is 1.72. The van der Waals surface area contributed by atoms with E-state index in [4.69, 9.17) is 23.2 Å². The molecule has 8 heteroatoms. The summed E-state index contributed by atoms with van der Waals surface area (Å²) in [4.78, 5) is 4.49. The molecule has 0 amide bonds. The van der Waals surface area contributed by atoms with Gasteiger partial charge in [0.15, 0.2) is 5.82 Å². The lowest BCUT2D eigenvalue weighted by Crippen LogP contribution is -2.08. The number of halogens is 2. The number of aliphatic imine (C=N–C) groups is 1. The van der Waals surface area contributed by atoms with Gasteiger partial charge in [0, 0.05) is 16.5 Å². The number of aryl methyl sites for hydroxylation is 1. The standard InChI is InChI=1S/C15H15Cl2N5O/c1-3-4-5-12-19-20-15-13(8(2)21-22(12)15)18-9-6-10(16)14(23)11(17)7-9/h6-7,23H,3-5H2,1-2H3/p-1. The summed E-state index contributed by atoms with van der Waals surface area (Å²) in [5.41, 5.74) is 1.81. The van der Waals surface area contributed by atoms with Gasteiger partial charge in [-0.3, -0.25) is 0 Å². The molecule has 2 heterocycles. The van der Waals surface area contributed by atoms with E-state index in [0.717, 1.165) is 30.8 Å². The van der Waals surface area contributed by atoms with Gasteiger partial charge in [-0.25, -0.2) is 4.99 Å². The average molecular weight is 351 g/mol. The Balaban J connectivity index is 2.00. The van der Waals surface area contributed by atoms with E-state index in [1.165, 1.54) is 12.1 Å². The predicted octanol–water partition coefficient (Wildman–Crippen LogP) is 3.36. The molecule has 0 radical (unpaired) electrons. The number of unbranched alkanes of at least 4 members (excludes halogenated alkanes) is 1. The zero-order valence-electron chi connectivity index (χ0n) is 12.7. The molecule has 1 aromatic heterocycles. The quantitative estimate of drug-likeness (QED) is 0.847. The van der Waals surface area contributed by atoms with Gasteiger partial charge in [-0.15, -0.1) is 10.2 Å². The molecule has 0 fully saturated rings. The monoisotopic (exact) mass is 350 g/mol. The van der Waals surface area contributed by atoms with Crippen molar-refractivity contribution in [2.45, 2.75) is 33.1 Å². The largest absolute Gasteiger partial charge is 0.870 e. The lowest BCUT2D eigenvalue weighted by Gasteiger charge is -2.11. The first-order valence-corrected chi connectivity index (χ1v) is 8.02. The van der Waals surface area contributed by atoms with Crippen LogP contribution in [0.5, 0.6) is 5.75 Å². The Morgan fingerprint density at radius 3 is 2.57 bits per heavy atom. The van der Waals surface area contributed by atoms with Crippen LogP contribution in [0.1, 0.15) is 38.3 Å². The lowest BCUT2D eigenvalue weighted by atomic mass is 10.2. The van der Waals surface area contributed by atoms with Crippen molar-refractivity contribution in [2.24, 2.45) is 10.1 Å². The molecule has 0 saturated heterocycles. The predicted molar refractivity (Wildman–Crippen MR) is 89.2 cm³/mol. The van der Waals surface area contributed by atoms with Crippen LogP contribution in [0.4, 0.5) is 5.69 Å². The zero-order chi connectivity index (χ0) is 16.6. The molecule has 0 spiro atoms. The van der Waals surface area contributed by atoms with Crippen molar-refractivity contribution in [3.05, 3.63) is 33.8 Å². The van der Waals surface area contributed by atoms with Crippen molar-refractivity contribution < 1.29 is 5.11 Å². The fraction of sp³-hybridized carbons (Fsp3) is 0.333. The summed E-state index contributed by atoms with van der Waals surface area (Å²) in [5.74, 6) is 1.00. The van der Waals surface area contributed by atoms with E-state index in [0.29, 0.717) is 17.2 Å². The van der Waals surface area contributed by atoms with Gasteiger partial charge >= 0.3 is 0 Å². The third-order valence-corrected chi connectivity index (χ3v) is 4.05. The van der Waals surface area contributed by atoms with Crippen LogP contribution < -0.4 is 5.11 Å². The molecule has 0 aliphatic carbocycles. The van der Waals surface area contributed by atoms with Crippen LogP contribution in [-0.2, 0) is 6.42 Å². The van der Waals surface area contributed by atoms with Crippen LogP contribution in [0.25, 0.3) is 0 Å². The highest BCUT2D eigenvalue weighted by atomic mass is 35.5. The van der Waals surface area contributed by atoms with Crippen molar-refractivity contribution >= 4 is 40.3 Å². The third-order valence-electron chi connectivity index (χ3n) is 3.49. The van der Waals surface area contributed by atoms with Crippen LogP contribution in [0.3, 0.4) is 0 Å². The average Bonchev–Trinajstić information content (AvgIpc) is 3.03. The van der Waals surface area contributed by atoms with E-state index in [2.05, 4.69) is 27.2 Å². The van der Waals surface area contributed by atoms with Gasteiger partial charge < -0.3 is 5.11 Å². The summed E-state index contributed by atoms with van der Waals surface area (Å²) in [6.07, 6.45) is 2.91. The van der Waals surface area contributed by atoms with E-state index in [1.807, 2.05) is 6.92 Å². The van der Waals surface area contributed by atoms with Gasteiger partial charge in [-0.1, -0.05) is 42.3 Å². The van der Waals surface area contributed by atoms with Crippen LogP contribution in [0.15, 0.2) is 22.2 Å². The Labute approximate surface area is 143 Å². The van der Waals surface area contributed by atoms with Crippen molar-refractivity contribution in [3.63, 3.8) is 0 Å². The van der Waals surface area contributed by atoms with Gasteiger partial charge in [0.05, 0.1) is 11.4 Å². The smallest absolute Gasteiger partial charge is 0.205 e. The summed E-state index contributed by atoms with van der Waals surface area (Å²) >= 11 is 11.7. The fourth-order valence-electron chi connectivity index (χ4n) is 2.29. The van der Waals surface area contributed by atoms with E-state index < -0.39 is 5.75 Å². The molecule has 0 saturated carbocycles. The number of fused-ring (bicyclic) bond motifs is 1. The van der Waals surface area contributed by atoms with Crippen molar-refractivity contribution in [3.8, 4) is 5.75 Å². The molecule has 1 aliphatic rings. The number of hydrogen-bond acceptors (Lipinski definition) is 5. The summed E-state index contributed by atoms with van der Waals surface area (Å²) in [6.45, 7) is 3.97. The van der Waals surface area contributed by atoms with E-state index in [9.17, 15) is 5.11 Å². The first kappa shape index (κ1) is 16.0. The van der Waals surface area contributed by atoms with E-state index >= 15 is 0 Å². The molecule has 0 bridgehead atoms. The van der Waals surface area contributed by atoms with Gasteiger partial charge in [-0.05, 0) is 25.5 Å². The van der Waals surface area contributed by atoms with E-state index in [1.54, 1.807) is 4.68 Å². The van der Waals surface area contributed by atoms with Crippen molar-refractivity contribution in [1.82, 2.24) is 14.9 Å². The highest BCUT2D eigenvalue weighted by Crippen LogP contribution is 2.34. The number of nitrogens with zero attached hydrogens (tertiary/aromatic N) is 5. The molecule has 120 valence electrons. The summed E-state index contributed by atoms with van der Waals surface area (Å²) in [7, 11) is 0. The highest BCUT2D eigenvalue weighted by molar-refractivity contribution is 6.48. The summed E-state index contributed by atoms with van der Waals surface area (Å²) in [6, 6.07) is 2.96. The maximum absolute atomic E-state index is 11.6. The minimum atomic E-state index is -0.404. The second-order valence-electron chi connectivity index (χ2n) is 5.24. The van der Waals surface area contributed by atoms with Gasteiger partial charge in [0.1, 0.15) is 5.71 Å². The summed E-state index contributed by atoms with van der Waals surface area (Å²) in [5, 5.41) is 24.4. The van der Waals surface area contributed by atoms with Gasteiger partial charge in [0.25, 0.3) is 0 Å². The minimum Gasteiger partial charge on any atom is -0.870 e. The molecule has 0 unspecified atom stereocenters. The van der Waals surface area contributed by atoms with Gasteiger partial charge in [-0.2, -0.15) is 9.78 Å². The second-order valence-corrected chi connectivity index (χ2v) is 6.05. The lowest BCUT2D eigenvalue weighted by molar-refractivity contribution is -0.268. The van der Waals surface area contributed by atoms with Crippen LogP contribution in [0, 0.1) is 0 Å². The molecule has 1 aliphatic heterocycles. The number of aromatic nitrogens is 3. The topological polar surface area (TPSA) is 78.5 Å². The molecular formula is C15H14Cl2N5O-. The molecule has 1 aromatic carbocycles. The Hall–Kier alpha value is -1.92. The van der Waals surface area contributed by atoms with Gasteiger partial charge in [0.2, 0.25) is 5.82 Å². The molecular weight excluding hydrogens is 337 g/mol. The molecule has 2 aromatic rings. The highest BCUT2D eigenvalue weighted by Gasteiger charge is 2.25. The Morgan fingerprint density at radius 1 is 1.22 bits per heavy atom. The minimum absolute atomic E-state index is 0.0366. The second kappa shape index (κ2) is 6.29. The van der Waals surface area contributed by atoms with Crippen molar-refractivity contribution in [1.29, 1.82) is 0 Å². The molecule has 0 N–H and O–H groups in total. The molecule has 0 atom stereocenters. The first-order valence-electron chi connectivity index (χ1n) is 7.26. The number of benzene rings is 1. The third kappa shape index (κ3) is 2.96. The maximum atomic E-state index is 11.6.